The summed E-state index contributed by atoms with van der Waals surface area (Å²) in [4.78, 5) is 15.8. The first-order valence-electron chi connectivity index (χ1n) is 6.25. The van der Waals surface area contributed by atoms with Gasteiger partial charge < -0.3 is 9.84 Å². The van der Waals surface area contributed by atoms with E-state index in [1.165, 1.54) is 0 Å². The lowest BCUT2D eigenvalue weighted by Gasteiger charge is -2.09. The van der Waals surface area contributed by atoms with Crippen molar-refractivity contribution < 1.29 is 18.1 Å². The van der Waals surface area contributed by atoms with Crippen molar-refractivity contribution in [3.05, 3.63) is 11.7 Å². The number of aromatic nitrogens is 2. The van der Waals surface area contributed by atoms with Gasteiger partial charge in [0.05, 0.1) is 19.1 Å². The number of alkyl halides is 2. The van der Waals surface area contributed by atoms with Gasteiger partial charge in [0.1, 0.15) is 0 Å². The van der Waals surface area contributed by atoms with Crippen LogP contribution < -0.4 is 10.6 Å². The van der Waals surface area contributed by atoms with Crippen molar-refractivity contribution in [3.63, 3.8) is 0 Å². The fourth-order valence-corrected chi connectivity index (χ4v) is 2.03. The van der Waals surface area contributed by atoms with E-state index in [4.69, 9.17) is 4.52 Å². The van der Waals surface area contributed by atoms with Crippen LogP contribution in [0.4, 0.5) is 8.78 Å². The Labute approximate surface area is 107 Å². The number of rotatable bonds is 4. The molecule has 1 saturated heterocycles. The largest absolute Gasteiger partial charge is 0.347 e. The Morgan fingerprint density at radius 3 is 2.95 bits per heavy atom. The first-order chi connectivity index (χ1) is 9.03. The molecule has 2 fully saturated rings. The summed E-state index contributed by atoms with van der Waals surface area (Å²) in [5.74, 6) is -1.95. The Morgan fingerprint density at radius 1 is 1.53 bits per heavy atom. The molecule has 1 aliphatic heterocycles. The normalized spacial score (nSPS) is 25.5. The van der Waals surface area contributed by atoms with Crippen LogP contribution in [-0.2, 0) is 11.3 Å². The minimum Gasteiger partial charge on any atom is -0.347 e. The van der Waals surface area contributed by atoms with Crippen molar-refractivity contribution >= 4 is 5.91 Å². The molecule has 1 aromatic heterocycles. The van der Waals surface area contributed by atoms with Gasteiger partial charge in [-0.15, -0.1) is 0 Å². The van der Waals surface area contributed by atoms with Gasteiger partial charge >= 0.3 is 0 Å². The zero-order chi connectivity index (χ0) is 13.5. The minimum absolute atomic E-state index is 0.0960. The first kappa shape index (κ1) is 12.5. The SMILES string of the molecule is O=C(NCc1noc(C2CC2)n1)C1CC(F)(F)CN1. The summed E-state index contributed by atoms with van der Waals surface area (Å²) in [5.41, 5.74) is 0. The monoisotopic (exact) mass is 272 g/mol. The third-order valence-corrected chi connectivity index (χ3v) is 3.26. The van der Waals surface area contributed by atoms with Gasteiger partial charge in [-0.3, -0.25) is 10.1 Å². The van der Waals surface area contributed by atoms with E-state index in [0.717, 1.165) is 12.8 Å². The molecule has 3 rings (SSSR count). The molecule has 2 aliphatic rings. The molecule has 1 aliphatic carbocycles. The summed E-state index contributed by atoms with van der Waals surface area (Å²) in [6.07, 6.45) is 1.63. The molecule has 1 saturated carbocycles. The van der Waals surface area contributed by atoms with E-state index < -0.39 is 30.8 Å². The van der Waals surface area contributed by atoms with Crippen LogP contribution in [0.2, 0.25) is 0 Å². The van der Waals surface area contributed by atoms with Crippen molar-refractivity contribution in [3.8, 4) is 0 Å². The molecule has 1 unspecified atom stereocenters. The summed E-state index contributed by atoms with van der Waals surface area (Å²) in [5, 5.41) is 8.76. The smallest absolute Gasteiger partial charge is 0.262 e. The van der Waals surface area contributed by atoms with Crippen LogP contribution in [0.5, 0.6) is 0 Å². The Morgan fingerprint density at radius 2 is 2.32 bits per heavy atom. The van der Waals surface area contributed by atoms with Crippen LogP contribution in [-0.4, -0.2) is 34.6 Å². The second-order valence-corrected chi connectivity index (χ2v) is 5.03. The van der Waals surface area contributed by atoms with Crippen molar-refractivity contribution in [1.29, 1.82) is 0 Å². The summed E-state index contributed by atoms with van der Waals surface area (Å²) in [6, 6.07) is -0.857. The van der Waals surface area contributed by atoms with Gasteiger partial charge in [0.15, 0.2) is 5.82 Å². The Balaban J connectivity index is 1.49. The van der Waals surface area contributed by atoms with Gasteiger partial charge in [0.2, 0.25) is 11.8 Å². The second kappa shape index (κ2) is 4.52. The lowest BCUT2D eigenvalue weighted by atomic mass is 10.2. The average Bonchev–Trinajstić information content (AvgIpc) is 2.99. The number of nitrogens with one attached hydrogen (secondary N) is 2. The molecule has 0 spiro atoms. The number of hydrogen-bond donors (Lipinski definition) is 2. The van der Waals surface area contributed by atoms with Crippen LogP contribution in [0, 0.1) is 0 Å². The van der Waals surface area contributed by atoms with Gasteiger partial charge in [0.25, 0.3) is 5.92 Å². The van der Waals surface area contributed by atoms with E-state index >= 15 is 0 Å². The number of carbonyl (C=O) groups is 1. The van der Waals surface area contributed by atoms with Gasteiger partial charge in [-0.1, -0.05) is 5.16 Å². The van der Waals surface area contributed by atoms with Crippen molar-refractivity contribution in [1.82, 2.24) is 20.8 Å². The quantitative estimate of drug-likeness (QED) is 0.837. The molecule has 2 heterocycles. The van der Waals surface area contributed by atoms with E-state index in [-0.39, 0.29) is 6.54 Å². The first-order valence-corrected chi connectivity index (χ1v) is 6.25. The molecular weight excluding hydrogens is 258 g/mol. The van der Waals surface area contributed by atoms with E-state index in [2.05, 4.69) is 20.8 Å². The van der Waals surface area contributed by atoms with Crippen molar-refractivity contribution in [2.45, 2.75) is 43.7 Å². The summed E-state index contributed by atoms with van der Waals surface area (Å²) >= 11 is 0. The van der Waals surface area contributed by atoms with E-state index in [1.807, 2.05) is 0 Å². The lowest BCUT2D eigenvalue weighted by molar-refractivity contribution is -0.123. The molecule has 2 N–H and O–H groups in total. The lowest BCUT2D eigenvalue weighted by Crippen LogP contribution is -2.40. The molecule has 1 aromatic rings. The second-order valence-electron chi connectivity index (χ2n) is 5.03. The zero-order valence-electron chi connectivity index (χ0n) is 10.2. The molecular formula is C11H14F2N4O2. The third kappa shape index (κ3) is 2.89. The molecule has 1 amide bonds. The van der Waals surface area contributed by atoms with Crippen LogP contribution in [0.1, 0.15) is 36.9 Å². The molecule has 19 heavy (non-hydrogen) atoms. The number of hydrogen-bond acceptors (Lipinski definition) is 5. The highest BCUT2D eigenvalue weighted by atomic mass is 19.3. The maximum atomic E-state index is 12.9. The number of halogens is 2. The van der Waals surface area contributed by atoms with Gasteiger partial charge in [-0.05, 0) is 12.8 Å². The van der Waals surface area contributed by atoms with Gasteiger partial charge in [0, 0.05) is 12.3 Å². The highest BCUT2D eigenvalue weighted by Crippen LogP contribution is 2.38. The molecule has 1 atom stereocenters. The zero-order valence-corrected chi connectivity index (χ0v) is 10.2. The van der Waals surface area contributed by atoms with Crippen LogP contribution in [0.3, 0.4) is 0 Å². The van der Waals surface area contributed by atoms with Crippen molar-refractivity contribution in [2.24, 2.45) is 0 Å². The fourth-order valence-electron chi connectivity index (χ4n) is 2.03. The third-order valence-electron chi connectivity index (χ3n) is 3.26. The van der Waals surface area contributed by atoms with E-state index in [0.29, 0.717) is 17.6 Å². The highest BCUT2D eigenvalue weighted by Gasteiger charge is 2.42. The number of nitrogens with zero attached hydrogens (tertiary/aromatic N) is 2. The van der Waals surface area contributed by atoms with E-state index in [1.54, 1.807) is 0 Å². The molecule has 6 nitrogen and oxygen atoms in total. The number of amides is 1. The minimum atomic E-state index is -2.81. The topological polar surface area (TPSA) is 80.1 Å². The fraction of sp³-hybridized carbons (Fsp3) is 0.727. The average molecular weight is 272 g/mol. The summed E-state index contributed by atoms with van der Waals surface area (Å²) in [7, 11) is 0. The molecule has 0 bridgehead atoms. The highest BCUT2D eigenvalue weighted by molar-refractivity contribution is 5.82. The standard InChI is InChI=1S/C11H14F2N4O2/c12-11(13)3-7(15-5-11)9(18)14-4-8-16-10(19-17-8)6-1-2-6/h6-7,15H,1-5H2,(H,14,18). The van der Waals surface area contributed by atoms with Crippen molar-refractivity contribution in [2.75, 3.05) is 6.54 Å². The summed E-state index contributed by atoms with van der Waals surface area (Å²) in [6.45, 7) is -0.363. The maximum Gasteiger partial charge on any atom is 0.262 e. The van der Waals surface area contributed by atoms with E-state index in [9.17, 15) is 13.6 Å². The van der Waals surface area contributed by atoms with Gasteiger partial charge in [-0.25, -0.2) is 8.78 Å². The predicted molar refractivity (Wildman–Crippen MR) is 59.5 cm³/mol. The molecule has 104 valence electrons. The summed E-state index contributed by atoms with van der Waals surface area (Å²) < 4.78 is 30.9. The number of carbonyl (C=O) groups excluding carboxylic acids is 1. The molecule has 8 heteroatoms. The Hall–Kier alpha value is -1.57. The maximum absolute atomic E-state index is 12.9. The van der Waals surface area contributed by atoms with Crippen LogP contribution in [0.15, 0.2) is 4.52 Å². The molecule has 0 aromatic carbocycles. The predicted octanol–water partition coefficient (Wildman–Crippen LogP) is 0.560. The van der Waals surface area contributed by atoms with Crippen LogP contribution >= 0.6 is 0 Å². The van der Waals surface area contributed by atoms with Crippen LogP contribution in [0.25, 0.3) is 0 Å². The van der Waals surface area contributed by atoms with Gasteiger partial charge in [-0.2, -0.15) is 4.98 Å². The Kier molecular flexibility index (Phi) is 2.96. The molecule has 0 radical (unpaired) electrons. The Bertz CT molecular complexity index is 487.